The molecule has 40 heavy (non-hydrogen) atoms. The number of nitrogens with zero attached hydrogens (tertiary/aromatic N) is 4. The number of pyridine rings is 1. The van der Waals surface area contributed by atoms with Gasteiger partial charge in [0.1, 0.15) is 40.8 Å². The van der Waals surface area contributed by atoms with Gasteiger partial charge in [0.15, 0.2) is 0 Å². The number of nitriles is 1. The fourth-order valence-electron chi connectivity index (χ4n) is 3.58. The first-order chi connectivity index (χ1) is 19.2. The molecule has 2 aromatic heterocycles. The molecule has 0 saturated carbocycles. The third-order valence-electron chi connectivity index (χ3n) is 5.32. The van der Waals surface area contributed by atoms with Gasteiger partial charge in [-0.15, -0.1) is 11.3 Å². The second-order valence-corrected chi connectivity index (χ2v) is 10.4. The number of halogens is 4. The first-order valence-corrected chi connectivity index (χ1v) is 13.8. The Morgan fingerprint density at radius 2 is 1.82 bits per heavy atom. The Labute approximate surface area is 241 Å². The minimum Gasteiger partial charge on any atom is -0.491 e. The molecule has 0 aliphatic rings. The standard InChI is InChI=1S/C27H19ClF3N5O2S2/c1-33-23-22(16-4-8-20(9-5-16)38-11-10-37)21(12-32)26(36-24(23)34-15-27(29,30)31)40-14-19-13-39-25(35-19)17-2-6-18(28)7-3-17/h2-9,13,37H,10-11,14-15H2,(H,34,36). The number of aromatic nitrogens is 2. The van der Waals surface area contributed by atoms with Gasteiger partial charge in [-0.25, -0.2) is 14.8 Å². The van der Waals surface area contributed by atoms with E-state index in [1.165, 1.54) is 11.3 Å². The quantitative estimate of drug-likeness (QED) is 0.143. The molecule has 204 valence electrons. The maximum Gasteiger partial charge on any atom is 0.405 e. The smallest absolute Gasteiger partial charge is 0.405 e. The first-order valence-electron chi connectivity index (χ1n) is 11.6. The molecule has 0 radical (unpaired) electrons. The summed E-state index contributed by atoms with van der Waals surface area (Å²) >= 11 is 8.52. The minimum atomic E-state index is -4.55. The van der Waals surface area contributed by atoms with Gasteiger partial charge in [-0.2, -0.15) is 18.4 Å². The lowest BCUT2D eigenvalue weighted by Gasteiger charge is -2.17. The van der Waals surface area contributed by atoms with Crippen LogP contribution in [0.5, 0.6) is 5.75 Å². The van der Waals surface area contributed by atoms with E-state index in [-0.39, 0.29) is 46.6 Å². The topological polar surface area (TPSA) is 95.4 Å². The number of benzene rings is 2. The van der Waals surface area contributed by atoms with Crippen molar-refractivity contribution >= 4 is 46.2 Å². The molecule has 0 amide bonds. The highest BCUT2D eigenvalue weighted by Crippen LogP contribution is 2.43. The van der Waals surface area contributed by atoms with Gasteiger partial charge in [-0.3, -0.25) is 0 Å². The summed E-state index contributed by atoms with van der Waals surface area (Å²) < 4.78 is 44.5. The lowest BCUT2D eigenvalue weighted by Crippen LogP contribution is -2.22. The van der Waals surface area contributed by atoms with E-state index in [9.17, 15) is 18.4 Å². The molecule has 0 spiro atoms. The molecule has 0 fully saturated rings. The Hall–Kier alpha value is -3.81. The van der Waals surface area contributed by atoms with Crippen molar-refractivity contribution in [2.45, 2.75) is 17.0 Å². The number of hydrogen-bond acceptors (Lipinski definition) is 8. The van der Waals surface area contributed by atoms with Crippen molar-refractivity contribution in [3.05, 3.63) is 81.6 Å². The van der Waals surface area contributed by atoms with Gasteiger partial charge in [0, 0.05) is 27.3 Å². The Bertz CT molecular complexity index is 1560. The summed E-state index contributed by atoms with van der Waals surface area (Å²) in [6, 6.07) is 15.7. The first kappa shape index (κ1) is 29.2. The van der Waals surface area contributed by atoms with E-state index in [1.54, 1.807) is 36.4 Å². The molecule has 0 atom stereocenters. The fourth-order valence-corrected chi connectivity index (χ4v) is 5.52. The number of thiazole rings is 1. The Balaban J connectivity index is 1.71. The number of hydrogen-bond donors (Lipinski definition) is 2. The van der Waals surface area contributed by atoms with Crippen molar-refractivity contribution in [2.75, 3.05) is 25.1 Å². The van der Waals surface area contributed by atoms with E-state index in [1.807, 2.05) is 17.5 Å². The van der Waals surface area contributed by atoms with Crippen molar-refractivity contribution in [1.29, 1.82) is 5.26 Å². The molecule has 2 N–H and O–H groups in total. The van der Waals surface area contributed by atoms with Crippen LogP contribution in [0, 0.1) is 17.9 Å². The van der Waals surface area contributed by atoms with Crippen molar-refractivity contribution in [2.24, 2.45) is 0 Å². The average molecular weight is 602 g/mol. The molecule has 7 nitrogen and oxygen atoms in total. The zero-order chi connectivity index (χ0) is 28.7. The predicted molar refractivity (Wildman–Crippen MR) is 150 cm³/mol. The highest BCUT2D eigenvalue weighted by Gasteiger charge is 2.29. The van der Waals surface area contributed by atoms with Crippen LogP contribution in [0.2, 0.25) is 5.02 Å². The lowest BCUT2D eigenvalue weighted by molar-refractivity contribution is -0.115. The number of aliphatic hydroxyl groups is 1. The zero-order valence-electron chi connectivity index (χ0n) is 20.5. The molecule has 4 rings (SSSR count). The van der Waals surface area contributed by atoms with Gasteiger partial charge in [-0.05, 0) is 29.8 Å². The van der Waals surface area contributed by atoms with Crippen LogP contribution >= 0.6 is 34.7 Å². The maximum absolute atomic E-state index is 13.1. The number of alkyl halides is 3. The summed E-state index contributed by atoms with van der Waals surface area (Å²) in [6.45, 7) is 6.19. The molecule has 13 heteroatoms. The second kappa shape index (κ2) is 13.0. The summed E-state index contributed by atoms with van der Waals surface area (Å²) in [6.07, 6.45) is -4.55. The summed E-state index contributed by atoms with van der Waals surface area (Å²) in [7, 11) is 0. The van der Waals surface area contributed by atoms with E-state index < -0.39 is 12.7 Å². The normalized spacial score (nSPS) is 11.1. The summed E-state index contributed by atoms with van der Waals surface area (Å²) in [5, 5.41) is 24.7. The number of ether oxygens (including phenoxy) is 1. The van der Waals surface area contributed by atoms with Crippen LogP contribution in [0.25, 0.3) is 26.5 Å². The van der Waals surface area contributed by atoms with Crippen molar-refractivity contribution in [3.63, 3.8) is 0 Å². The fraction of sp³-hybridized carbons (Fsp3) is 0.185. The van der Waals surface area contributed by atoms with Gasteiger partial charge in [0.05, 0.1) is 24.4 Å². The number of thioether (sulfide) groups is 1. The molecule has 0 aliphatic heterocycles. The molecule has 0 aliphatic carbocycles. The second-order valence-electron chi connectivity index (χ2n) is 8.09. The summed E-state index contributed by atoms with van der Waals surface area (Å²) in [5.74, 6) is 0.458. The largest absolute Gasteiger partial charge is 0.491 e. The van der Waals surface area contributed by atoms with Gasteiger partial charge in [0.2, 0.25) is 5.69 Å². The van der Waals surface area contributed by atoms with Crippen LogP contribution in [0.3, 0.4) is 0 Å². The highest BCUT2D eigenvalue weighted by molar-refractivity contribution is 7.98. The lowest BCUT2D eigenvalue weighted by atomic mass is 9.99. The van der Waals surface area contributed by atoms with Gasteiger partial charge < -0.3 is 15.2 Å². The molecule has 0 bridgehead atoms. The molecule has 2 aromatic carbocycles. The number of aliphatic hydroxyl groups excluding tert-OH is 1. The van der Waals surface area contributed by atoms with Crippen molar-refractivity contribution in [1.82, 2.24) is 9.97 Å². The molecule has 4 aromatic rings. The van der Waals surface area contributed by atoms with E-state index >= 15 is 0 Å². The molecular weight excluding hydrogens is 583 g/mol. The average Bonchev–Trinajstić information content (AvgIpc) is 3.42. The van der Waals surface area contributed by atoms with Crippen molar-refractivity contribution < 1.29 is 23.0 Å². The molecule has 0 saturated heterocycles. The van der Waals surface area contributed by atoms with E-state index in [2.05, 4.69) is 26.2 Å². The van der Waals surface area contributed by atoms with E-state index in [0.29, 0.717) is 22.0 Å². The van der Waals surface area contributed by atoms with Gasteiger partial charge in [0.25, 0.3) is 0 Å². The van der Waals surface area contributed by atoms with Gasteiger partial charge in [-0.1, -0.05) is 47.6 Å². The molecule has 0 unspecified atom stereocenters. The minimum absolute atomic E-state index is 0.0609. The van der Waals surface area contributed by atoms with Crippen LogP contribution in [0.15, 0.2) is 58.9 Å². The van der Waals surface area contributed by atoms with E-state index in [4.69, 9.17) is 28.0 Å². The van der Waals surface area contributed by atoms with Crippen LogP contribution in [0.1, 0.15) is 11.3 Å². The van der Waals surface area contributed by atoms with Crippen molar-refractivity contribution in [3.8, 4) is 33.5 Å². The predicted octanol–water partition coefficient (Wildman–Crippen LogP) is 7.59. The maximum atomic E-state index is 13.1. The monoisotopic (exact) mass is 601 g/mol. The van der Waals surface area contributed by atoms with Gasteiger partial charge >= 0.3 is 6.18 Å². The third-order valence-corrected chi connectivity index (χ3v) is 7.52. The Morgan fingerprint density at radius 3 is 2.45 bits per heavy atom. The van der Waals surface area contributed by atoms with Crippen LogP contribution in [-0.4, -0.2) is 41.0 Å². The SMILES string of the molecule is [C-]#[N+]c1c(NCC(F)(F)F)nc(SCc2csc(-c3ccc(Cl)cc3)n2)c(C#N)c1-c1ccc(OCCO)cc1. The summed E-state index contributed by atoms with van der Waals surface area (Å²) in [5.41, 5.74) is 2.02. The number of nitrogens with one attached hydrogen (secondary N) is 1. The molecular formula is C27H19ClF3N5O2S2. The number of rotatable bonds is 10. The van der Waals surface area contributed by atoms with Crippen LogP contribution < -0.4 is 10.1 Å². The number of anilines is 1. The third kappa shape index (κ3) is 7.23. The summed E-state index contributed by atoms with van der Waals surface area (Å²) in [4.78, 5) is 12.3. The van der Waals surface area contributed by atoms with E-state index in [0.717, 1.165) is 22.3 Å². The highest BCUT2D eigenvalue weighted by atomic mass is 35.5. The van der Waals surface area contributed by atoms with Crippen LogP contribution in [0.4, 0.5) is 24.7 Å². The zero-order valence-corrected chi connectivity index (χ0v) is 22.9. The molecule has 2 heterocycles. The Morgan fingerprint density at radius 1 is 1.12 bits per heavy atom. The van der Waals surface area contributed by atoms with Crippen LogP contribution in [-0.2, 0) is 5.75 Å². The Kier molecular flexibility index (Phi) is 9.50.